The fourth-order valence-corrected chi connectivity index (χ4v) is 1.73. The van der Waals surface area contributed by atoms with Gasteiger partial charge in [0.1, 0.15) is 5.75 Å². The highest BCUT2D eigenvalue weighted by Gasteiger charge is 2.00. The Hall–Kier alpha value is -0.0500. The Balaban J connectivity index is 2.99. The first-order chi connectivity index (χ1) is 5.27. The van der Waals surface area contributed by atoms with Gasteiger partial charge in [-0.3, -0.25) is 0 Å². The minimum absolute atomic E-state index is 0.615. The van der Waals surface area contributed by atoms with Crippen LogP contribution in [0.3, 0.4) is 0 Å². The van der Waals surface area contributed by atoms with Crippen molar-refractivity contribution in [2.75, 3.05) is 7.11 Å². The zero-order chi connectivity index (χ0) is 8.27. The van der Waals surface area contributed by atoms with Gasteiger partial charge in [-0.15, -0.1) is 0 Å². The van der Waals surface area contributed by atoms with E-state index in [1.54, 1.807) is 13.2 Å². The second-order valence-electron chi connectivity index (χ2n) is 1.87. The summed E-state index contributed by atoms with van der Waals surface area (Å²) >= 11 is 5.82. The van der Waals surface area contributed by atoms with Crippen molar-refractivity contribution in [3.05, 3.63) is 23.2 Å². The molecule has 0 aromatic heterocycles. The molecule has 0 saturated carbocycles. The molecule has 0 aliphatic heterocycles. The van der Waals surface area contributed by atoms with E-state index in [9.17, 15) is 0 Å². The quantitative estimate of drug-likeness (QED) is 0.735. The Morgan fingerprint density at radius 3 is 2.64 bits per heavy atom. The van der Waals surface area contributed by atoms with Crippen LogP contribution in [0.2, 0.25) is 5.02 Å². The van der Waals surface area contributed by atoms with Crippen LogP contribution < -0.4 is 4.74 Å². The molecule has 1 aromatic carbocycles. The lowest BCUT2D eigenvalue weighted by Crippen LogP contribution is -1.81. The topological polar surface area (TPSA) is 9.23 Å². The maximum absolute atomic E-state index is 5.82. The van der Waals surface area contributed by atoms with Gasteiger partial charge < -0.3 is 4.74 Å². The molecule has 0 heterocycles. The molecule has 4 heteroatoms. The van der Waals surface area contributed by atoms with Crippen LogP contribution in [-0.2, 0) is 0 Å². The molecule has 1 rings (SSSR count). The third-order valence-corrected chi connectivity index (χ3v) is 2.67. The number of halogens is 2. The van der Waals surface area contributed by atoms with E-state index in [1.165, 1.54) is 0 Å². The Morgan fingerprint density at radius 1 is 1.45 bits per heavy atom. The number of rotatable bonds is 2. The van der Waals surface area contributed by atoms with Gasteiger partial charge in [0.2, 0.25) is 0 Å². The lowest BCUT2D eigenvalue weighted by Gasteiger charge is -2.01. The number of hydrogen-bond donors (Lipinski definition) is 0. The third-order valence-electron chi connectivity index (χ3n) is 1.22. The van der Waals surface area contributed by atoms with Gasteiger partial charge in [0.15, 0.2) is 0 Å². The van der Waals surface area contributed by atoms with Crippen molar-refractivity contribution >= 4 is 33.3 Å². The van der Waals surface area contributed by atoms with Gasteiger partial charge >= 0.3 is 0 Å². The molecule has 0 fully saturated rings. The molecule has 0 spiro atoms. The van der Waals surface area contributed by atoms with E-state index in [4.69, 9.17) is 27.0 Å². The van der Waals surface area contributed by atoms with Crippen LogP contribution >= 0.6 is 33.3 Å². The van der Waals surface area contributed by atoms with Gasteiger partial charge in [-0.25, -0.2) is 0 Å². The van der Waals surface area contributed by atoms with Gasteiger partial charge in [0.25, 0.3) is 0 Å². The maximum Gasteiger partial charge on any atom is 0.120 e. The van der Waals surface area contributed by atoms with Crippen molar-refractivity contribution in [2.45, 2.75) is 4.90 Å². The second kappa shape index (κ2) is 4.10. The molecular weight excluding hydrogens is 203 g/mol. The summed E-state index contributed by atoms with van der Waals surface area (Å²) in [6, 6.07) is 5.36. The van der Waals surface area contributed by atoms with Crippen molar-refractivity contribution in [3.8, 4) is 5.75 Å². The van der Waals surface area contributed by atoms with E-state index >= 15 is 0 Å². The first-order valence-electron chi connectivity index (χ1n) is 2.90. The normalized spacial score (nSPS) is 9.73. The van der Waals surface area contributed by atoms with Gasteiger partial charge in [-0.05, 0) is 39.9 Å². The Bertz CT molecular complexity index is 252. The first kappa shape index (κ1) is 9.04. The molecule has 0 aliphatic rings. The lowest BCUT2D eigenvalue weighted by molar-refractivity contribution is 0.414. The largest absolute Gasteiger partial charge is 0.497 e. The molecule has 0 aliphatic carbocycles. The molecule has 0 saturated heterocycles. The van der Waals surface area contributed by atoms with E-state index in [1.807, 2.05) is 12.1 Å². The molecule has 0 N–H and O–H groups in total. The van der Waals surface area contributed by atoms with Crippen molar-refractivity contribution in [1.29, 1.82) is 0 Å². The number of benzene rings is 1. The second-order valence-corrected chi connectivity index (χ2v) is 3.34. The number of hydrogen-bond acceptors (Lipinski definition) is 2. The lowest BCUT2D eigenvalue weighted by atomic mass is 10.3. The van der Waals surface area contributed by atoms with Gasteiger partial charge in [-0.1, -0.05) is 11.6 Å². The smallest absolute Gasteiger partial charge is 0.120 e. The summed E-state index contributed by atoms with van der Waals surface area (Å²) in [5.41, 5.74) is 0. The van der Waals surface area contributed by atoms with Crippen LogP contribution in [0, 0.1) is 0 Å². The number of ether oxygens (including phenoxy) is 1. The van der Waals surface area contributed by atoms with E-state index < -0.39 is 0 Å². The zero-order valence-electron chi connectivity index (χ0n) is 5.80. The summed E-state index contributed by atoms with van der Waals surface area (Å²) in [5.74, 6) is 0.740. The summed E-state index contributed by atoms with van der Waals surface area (Å²) in [6.45, 7) is 0. The molecule has 0 radical (unpaired) electrons. The van der Waals surface area contributed by atoms with Crippen molar-refractivity contribution in [3.63, 3.8) is 0 Å². The van der Waals surface area contributed by atoms with Gasteiger partial charge in [-0.2, -0.15) is 0 Å². The highest BCUT2D eigenvalue weighted by Crippen LogP contribution is 2.32. The summed E-state index contributed by atoms with van der Waals surface area (Å²) in [6.07, 6.45) is 0. The van der Waals surface area contributed by atoms with E-state index in [-0.39, 0.29) is 0 Å². The molecule has 0 amide bonds. The highest BCUT2D eigenvalue weighted by atomic mass is 35.7. The number of methoxy groups -OCH3 is 1. The molecule has 0 atom stereocenters. The van der Waals surface area contributed by atoms with E-state index in [0.29, 0.717) is 5.02 Å². The fourth-order valence-electron chi connectivity index (χ4n) is 0.671. The average Bonchev–Trinajstić information content (AvgIpc) is 2.04. The SMILES string of the molecule is COc1ccc(SCl)c(Cl)c1. The third kappa shape index (κ3) is 2.19. The van der Waals surface area contributed by atoms with Crippen molar-refractivity contribution in [2.24, 2.45) is 0 Å². The summed E-state index contributed by atoms with van der Waals surface area (Å²) in [4.78, 5) is 0.842. The average molecular weight is 209 g/mol. The predicted octanol–water partition coefficient (Wildman–Crippen LogP) is 3.59. The molecule has 1 nitrogen and oxygen atoms in total. The zero-order valence-corrected chi connectivity index (χ0v) is 8.13. The van der Waals surface area contributed by atoms with E-state index in [0.717, 1.165) is 21.6 Å². The van der Waals surface area contributed by atoms with Crippen LogP contribution in [0.4, 0.5) is 0 Å². The van der Waals surface area contributed by atoms with Crippen LogP contribution in [0.25, 0.3) is 0 Å². The fraction of sp³-hybridized carbons (Fsp3) is 0.143. The predicted molar refractivity (Wildman–Crippen MR) is 49.7 cm³/mol. The Labute approximate surface area is 79.1 Å². The van der Waals surface area contributed by atoms with Crippen LogP contribution in [0.15, 0.2) is 23.1 Å². The summed E-state index contributed by atoms with van der Waals surface area (Å²) < 4.78 is 4.96. The van der Waals surface area contributed by atoms with Crippen LogP contribution in [-0.4, -0.2) is 7.11 Å². The molecule has 1 aromatic rings. The van der Waals surface area contributed by atoms with Gasteiger partial charge in [0.05, 0.1) is 12.1 Å². The Kier molecular flexibility index (Phi) is 3.37. The first-order valence-corrected chi connectivity index (χ1v) is 4.92. The van der Waals surface area contributed by atoms with Gasteiger partial charge in [0, 0.05) is 4.90 Å². The highest BCUT2D eigenvalue weighted by molar-refractivity contribution is 8.21. The molecule has 0 unspecified atom stereocenters. The summed E-state index contributed by atoms with van der Waals surface area (Å²) in [7, 11) is 8.21. The van der Waals surface area contributed by atoms with Crippen molar-refractivity contribution in [1.82, 2.24) is 0 Å². The van der Waals surface area contributed by atoms with Crippen molar-refractivity contribution < 1.29 is 4.74 Å². The van der Waals surface area contributed by atoms with Crippen LogP contribution in [0.1, 0.15) is 0 Å². The molecular formula is C7H6Cl2OS. The molecule has 11 heavy (non-hydrogen) atoms. The standard InChI is InChI=1S/C7H6Cl2OS/c1-10-5-2-3-7(11-9)6(8)4-5/h2-4H,1H3. The van der Waals surface area contributed by atoms with Crippen LogP contribution in [0.5, 0.6) is 5.75 Å². The maximum atomic E-state index is 5.82. The Morgan fingerprint density at radius 2 is 2.18 bits per heavy atom. The monoisotopic (exact) mass is 208 g/mol. The molecule has 60 valence electrons. The minimum Gasteiger partial charge on any atom is -0.497 e. The minimum atomic E-state index is 0.615. The van der Waals surface area contributed by atoms with E-state index in [2.05, 4.69) is 0 Å². The summed E-state index contributed by atoms with van der Waals surface area (Å²) in [5, 5.41) is 0.615. The molecule has 0 bridgehead atoms.